The molecular weight excluding hydrogens is 300 g/mol. The van der Waals surface area contributed by atoms with Gasteiger partial charge in [0.1, 0.15) is 0 Å². The predicted molar refractivity (Wildman–Crippen MR) is 94.6 cm³/mol. The number of nitrogens with zero attached hydrogens (tertiary/aromatic N) is 2. The van der Waals surface area contributed by atoms with E-state index in [0.29, 0.717) is 12.6 Å². The molecule has 1 fully saturated rings. The number of likely N-dealkylation sites (tertiary alicyclic amines) is 1. The molecule has 1 heterocycles. The number of carboxylic acid groups (broad SMARTS) is 1. The van der Waals surface area contributed by atoms with E-state index in [9.17, 15) is 9.90 Å². The summed E-state index contributed by atoms with van der Waals surface area (Å²) >= 11 is 0. The first-order valence-electron chi connectivity index (χ1n) is 8.47. The van der Waals surface area contributed by atoms with Crippen molar-refractivity contribution in [2.24, 2.45) is 0 Å². The number of carbonyl (C=O) groups is 1. The Morgan fingerprint density at radius 3 is 2.29 bits per heavy atom. The van der Waals surface area contributed by atoms with Gasteiger partial charge in [0.15, 0.2) is 0 Å². The molecule has 1 N–H and O–H groups in total. The Balaban J connectivity index is 1.62. The number of aliphatic carboxylic acids is 1. The maximum atomic E-state index is 11.3. The van der Waals surface area contributed by atoms with Crippen LogP contribution in [0.1, 0.15) is 17.5 Å². The lowest BCUT2D eigenvalue weighted by atomic mass is 10.1. The lowest BCUT2D eigenvalue weighted by Gasteiger charge is -2.27. The zero-order valence-electron chi connectivity index (χ0n) is 13.8. The summed E-state index contributed by atoms with van der Waals surface area (Å²) in [7, 11) is 0. The number of rotatable bonds is 7. The molecule has 0 amide bonds. The van der Waals surface area contributed by atoms with Crippen molar-refractivity contribution in [3.63, 3.8) is 0 Å². The van der Waals surface area contributed by atoms with Gasteiger partial charge in [-0.15, -0.1) is 0 Å². The van der Waals surface area contributed by atoms with Gasteiger partial charge in [-0.25, -0.2) is 0 Å². The van der Waals surface area contributed by atoms with Gasteiger partial charge >= 0.3 is 5.97 Å². The summed E-state index contributed by atoms with van der Waals surface area (Å²) in [4.78, 5) is 15.8. The van der Waals surface area contributed by atoms with Crippen molar-refractivity contribution in [3.05, 3.63) is 71.8 Å². The molecule has 4 nitrogen and oxygen atoms in total. The molecule has 1 aliphatic heterocycles. The average molecular weight is 324 g/mol. The van der Waals surface area contributed by atoms with Crippen LogP contribution in [0, 0.1) is 0 Å². The fraction of sp³-hybridized carbons (Fsp3) is 0.350. The van der Waals surface area contributed by atoms with Gasteiger partial charge in [-0.1, -0.05) is 60.7 Å². The van der Waals surface area contributed by atoms with Crippen molar-refractivity contribution < 1.29 is 9.90 Å². The molecule has 126 valence electrons. The molecular formula is C20H24N2O2. The molecule has 0 unspecified atom stereocenters. The van der Waals surface area contributed by atoms with Crippen molar-refractivity contribution in [1.82, 2.24) is 9.80 Å². The summed E-state index contributed by atoms with van der Waals surface area (Å²) in [6.45, 7) is 3.67. The minimum Gasteiger partial charge on any atom is -0.480 e. The molecule has 0 saturated carbocycles. The van der Waals surface area contributed by atoms with E-state index in [2.05, 4.69) is 46.2 Å². The van der Waals surface area contributed by atoms with Crippen LogP contribution in [0.5, 0.6) is 0 Å². The topological polar surface area (TPSA) is 43.8 Å². The van der Waals surface area contributed by atoms with Gasteiger partial charge in [0.2, 0.25) is 0 Å². The summed E-state index contributed by atoms with van der Waals surface area (Å²) in [5, 5.41) is 9.27. The molecule has 0 aliphatic carbocycles. The van der Waals surface area contributed by atoms with E-state index in [0.717, 1.165) is 26.1 Å². The molecule has 0 aromatic heterocycles. The van der Waals surface area contributed by atoms with Crippen molar-refractivity contribution >= 4 is 5.97 Å². The summed E-state index contributed by atoms with van der Waals surface area (Å²) < 4.78 is 0. The van der Waals surface area contributed by atoms with Gasteiger partial charge in [0, 0.05) is 32.2 Å². The van der Waals surface area contributed by atoms with Crippen molar-refractivity contribution in [3.8, 4) is 0 Å². The van der Waals surface area contributed by atoms with E-state index >= 15 is 0 Å². The summed E-state index contributed by atoms with van der Waals surface area (Å²) in [5.74, 6) is -0.757. The maximum Gasteiger partial charge on any atom is 0.317 e. The Morgan fingerprint density at radius 2 is 1.67 bits per heavy atom. The monoisotopic (exact) mass is 324 g/mol. The quantitative estimate of drug-likeness (QED) is 0.850. The van der Waals surface area contributed by atoms with Crippen LogP contribution in [0.25, 0.3) is 0 Å². The molecule has 1 saturated heterocycles. The first kappa shape index (κ1) is 16.7. The number of hydrogen-bond donors (Lipinski definition) is 1. The van der Waals surface area contributed by atoms with E-state index in [-0.39, 0.29) is 6.54 Å². The van der Waals surface area contributed by atoms with Crippen molar-refractivity contribution in [2.45, 2.75) is 25.6 Å². The second-order valence-electron chi connectivity index (χ2n) is 6.45. The fourth-order valence-corrected chi connectivity index (χ4v) is 3.40. The normalized spacial score (nSPS) is 18.1. The highest BCUT2D eigenvalue weighted by molar-refractivity contribution is 5.69. The van der Waals surface area contributed by atoms with Gasteiger partial charge in [-0.3, -0.25) is 14.6 Å². The zero-order valence-corrected chi connectivity index (χ0v) is 13.8. The van der Waals surface area contributed by atoms with E-state index < -0.39 is 5.97 Å². The first-order chi connectivity index (χ1) is 11.7. The lowest BCUT2D eigenvalue weighted by Crippen LogP contribution is -2.40. The van der Waals surface area contributed by atoms with Gasteiger partial charge < -0.3 is 5.11 Å². The Morgan fingerprint density at radius 1 is 1.04 bits per heavy atom. The number of carboxylic acids is 1. The third kappa shape index (κ3) is 4.66. The fourth-order valence-electron chi connectivity index (χ4n) is 3.40. The summed E-state index contributed by atoms with van der Waals surface area (Å²) in [6, 6.07) is 20.9. The van der Waals surface area contributed by atoms with Gasteiger partial charge in [-0.2, -0.15) is 0 Å². The minimum atomic E-state index is -0.757. The molecule has 1 aliphatic rings. The number of hydrogen-bond acceptors (Lipinski definition) is 3. The third-order valence-electron chi connectivity index (χ3n) is 4.58. The van der Waals surface area contributed by atoms with Crippen LogP contribution >= 0.6 is 0 Å². The SMILES string of the molecule is O=C(O)CN(Cc1ccccc1)[C@@H]1CCN(Cc2ccccc2)C1. The maximum absolute atomic E-state index is 11.3. The van der Waals surface area contributed by atoms with Gasteiger partial charge in [0.25, 0.3) is 0 Å². The van der Waals surface area contributed by atoms with E-state index in [1.165, 1.54) is 11.1 Å². The Kier molecular flexibility index (Phi) is 5.62. The molecule has 2 aromatic carbocycles. The van der Waals surface area contributed by atoms with Gasteiger partial charge in [-0.05, 0) is 17.5 Å². The lowest BCUT2D eigenvalue weighted by molar-refractivity contribution is -0.139. The third-order valence-corrected chi connectivity index (χ3v) is 4.58. The highest BCUT2D eigenvalue weighted by Crippen LogP contribution is 2.20. The smallest absolute Gasteiger partial charge is 0.317 e. The molecule has 0 radical (unpaired) electrons. The standard InChI is InChI=1S/C20H24N2O2/c23-20(24)16-22(14-18-9-5-2-6-10-18)19-11-12-21(15-19)13-17-7-3-1-4-8-17/h1-10,19H,11-16H2,(H,23,24)/t19-/m1/s1. The molecule has 0 bridgehead atoms. The molecule has 24 heavy (non-hydrogen) atoms. The number of benzene rings is 2. The van der Waals surface area contributed by atoms with Crippen LogP contribution in [0.2, 0.25) is 0 Å². The Bertz CT molecular complexity index is 645. The van der Waals surface area contributed by atoms with Crippen LogP contribution < -0.4 is 0 Å². The Hall–Kier alpha value is -2.17. The molecule has 2 aromatic rings. The second kappa shape index (κ2) is 8.08. The second-order valence-corrected chi connectivity index (χ2v) is 6.45. The van der Waals surface area contributed by atoms with Crippen LogP contribution in [0.15, 0.2) is 60.7 Å². The molecule has 3 rings (SSSR count). The van der Waals surface area contributed by atoms with Crippen LogP contribution in [0.4, 0.5) is 0 Å². The first-order valence-corrected chi connectivity index (χ1v) is 8.47. The predicted octanol–water partition coefficient (Wildman–Crippen LogP) is 2.85. The minimum absolute atomic E-state index is 0.0960. The molecule has 1 atom stereocenters. The highest BCUT2D eigenvalue weighted by Gasteiger charge is 2.28. The average Bonchev–Trinajstić information content (AvgIpc) is 3.04. The van der Waals surface area contributed by atoms with Crippen molar-refractivity contribution in [1.29, 1.82) is 0 Å². The molecule has 4 heteroatoms. The van der Waals surface area contributed by atoms with Gasteiger partial charge in [0.05, 0.1) is 6.54 Å². The highest BCUT2D eigenvalue weighted by atomic mass is 16.4. The van der Waals surface area contributed by atoms with Crippen LogP contribution in [-0.2, 0) is 17.9 Å². The zero-order chi connectivity index (χ0) is 16.8. The van der Waals surface area contributed by atoms with Crippen molar-refractivity contribution in [2.75, 3.05) is 19.6 Å². The summed E-state index contributed by atoms with van der Waals surface area (Å²) in [5.41, 5.74) is 2.48. The van der Waals surface area contributed by atoms with E-state index in [1.54, 1.807) is 0 Å². The van der Waals surface area contributed by atoms with E-state index in [4.69, 9.17) is 0 Å². The molecule has 0 spiro atoms. The van der Waals surface area contributed by atoms with Crippen LogP contribution in [-0.4, -0.2) is 46.6 Å². The van der Waals surface area contributed by atoms with Crippen LogP contribution in [0.3, 0.4) is 0 Å². The Labute approximate surface area is 143 Å². The largest absolute Gasteiger partial charge is 0.480 e. The summed E-state index contributed by atoms with van der Waals surface area (Å²) in [6.07, 6.45) is 1.02. The van der Waals surface area contributed by atoms with E-state index in [1.807, 2.05) is 24.3 Å².